The second-order valence-electron chi connectivity index (χ2n) is 8.37. The Morgan fingerprint density at radius 1 is 1.10 bits per heavy atom. The Balaban J connectivity index is 1.39. The third-order valence-corrected chi connectivity index (χ3v) is 7.76. The lowest BCUT2D eigenvalue weighted by Gasteiger charge is -2.30. The fourth-order valence-corrected chi connectivity index (χ4v) is 5.57. The highest BCUT2D eigenvalue weighted by atomic mass is 32.2. The minimum Gasteiger partial charge on any atom is -0.305 e. The molecule has 1 heterocycles. The van der Waals surface area contributed by atoms with E-state index >= 15 is 0 Å². The van der Waals surface area contributed by atoms with E-state index < -0.39 is 21.8 Å². The minimum absolute atomic E-state index is 0.240. The first-order valence-corrected chi connectivity index (χ1v) is 12.0. The second-order valence-corrected chi connectivity index (χ2v) is 10.1. The summed E-state index contributed by atoms with van der Waals surface area (Å²) < 4.78 is 31.2. The van der Waals surface area contributed by atoms with Crippen molar-refractivity contribution in [1.29, 1.82) is 0 Å². The highest BCUT2D eigenvalue weighted by molar-refractivity contribution is 7.91. The summed E-state index contributed by atoms with van der Waals surface area (Å²) in [5, 5.41) is 8.63. The van der Waals surface area contributed by atoms with Gasteiger partial charge in [-0.2, -0.15) is 0 Å². The van der Waals surface area contributed by atoms with Crippen LogP contribution in [0.5, 0.6) is 0 Å². The predicted molar refractivity (Wildman–Crippen MR) is 114 cm³/mol. The van der Waals surface area contributed by atoms with Gasteiger partial charge in [0.25, 0.3) is 0 Å². The van der Waals surface area contributed by atoms with Gasteiger partial charge >= 0.3 is 6.03 Å². The van der Waals surface area contributed by atoms with E-state index in [4.69, 9.17) is 5.14 Å². The number of likely N-dealkylation sites (tertiary alicyclic amines) is 1. The number of nitrogens with two attached hydrogens (primary N) is 1. The Kier molecular flexibility index (Phi) is 4.88. The molecule has 5 rings (SSSR count). The number of aryl methyl sites for hydroxylation is 2. The van der Waals surface area contributed by atoms with Gasteiger partial charge in [0.1, 0.15) is 15.7 Å². The number of benzene rings is 2. The van der Waals surface area contributed by atoms with Gasteiger partial charge in [0, 0.05) is 12.2 Å². The molecule has 3 aliphatic rings. The minimum atomic E-state index is -3.69. The number of halogens is 1. The largest absolute Gasteiger partial charge is 0.354 e. The maximum atomic E-state index is 14.6. The average Bonchev–Trinajstić information content (AvgIpc) is 3.08. The van der Waals surface area contributed by atoms with Crippen LogP contribution in [0.3, 0.4) is 0 Å². The molecule has 0 radical (unpaired) electrons. The maximum Gasteiger partial charge on any atom is 0.354 e. The lowest BCUT2D eigenvalue weighted by molar-refractivity contribution is 0.172. The molecule has 30 heavy (non-hydrogen) atoms. The Bertz CT molecular complexity index is 1170. The van der Waals surface area contributed by atoms with Gasteiger partial charge in [0.2, 0.25) is 0 Å². The molecule has 0 aromatic heterocycles. The number of nitrogens with one attached hydrogen (secondary N) is 1. The van der Waals surface area contributed by atoms with Gasteiger partial charge in [-0.25, -0.2) is 18.5 Å². The molecular weight excluding hydrogens is 403 g/mol. The topological polar surface area (TPSA) is 87.8 Å². The third kappa shape index (κ3) is 3.53. The molecule has 2 aliphatic carbocycles. The van der Waals surface area contributed by atoms with Gasteiger partial charge in [-0.15, -0.1) is 4.36 Å². The number of urea groups is 1. The molecule has 1 saturated heterocycles. The zero-order chi connectivity index (χ0) is 20.9. The number of amides is 2. The van der Waals surface area contributed by atoms with Crippen LogP contribution < -0.4 is 10.5 Å². The number of nitrogens with zero attached hydrogens (tertiary/aromatic N) is 2. The summed E-state index contributed by atoms with van der Waals surface area (Å²) in [6.07, 6.45) is 6.03. The van der Waals surface area contributed by atoms with Crippen LogP contribution in [0.2, 0.25) is 0 Å². The number of anilines is 1. The zero-order valence-electron chi connectivity index (χ0n) is 16.7. The number of carbonyl (C=O) groups excluding carboxylic acids is 1. The van der Waals surface area contributed by atoms with Crippen molar-refractivity contribution in [2.45, 2.75) is 50.0 Å². The first-order valence-electron chi connectivity index (χ1n) is 10.4. The molecule has 0 unspecified atom stereocenters. The summed E-state index contributed by atoms with van der Waals surface area (Å²) in [5.41, 5.74) is 6.37. The molecule has 0 bridgehead atoms. The standard InChI is InChI=1S/C22H25FN4O2S/c23-19-11-14(13-27-9-2-10-27)5-8-20(19)30(24,29)26-22(28)25-21-17-4-1-3-15(17)12-16-6-7-18(16)21/h5,8,11-12H,1-4,6-7,9-10,13H2,(H3,24,25,26,28,29)/t30-/m1/s1. The summed E-state index contributed by atoms with van der Waals surface area (Å²) in [4.78, 5) is 14.5. The van der Waals surface area contributed by atoms with Crippen molar-refractivity contribution in [3.63, 3.8) is 0 Å². The molecule has 8 heteroatoms. The zero-order valence-corrected chi connectivity index (χ0v) is 17.6. The van der Waals surface area contributed by atoms with Gasteiger partial charge in [-0.05, 0) is 91.6 Å². The lowest BCUT2D eigenvalue weighted by Crippen LogP contribution is -2.36. The van der Waals surface area contributed by atoms with Crippen molar-refractivity contribution in [1.82, 2.24) is 4.90 Å². The fraction of sp³-hybridized carbons (Fsp3) is 0.409. The summed E-state index contributed by atoms with van der Waals surface area (Å²) in [5.74, 6) is -0.693. The lowest BCUT2D eigenvalue weighted by atomic mass is 9.83. The van der Waals surface area contributed by atoms with Crippen molar-refractivity contribution in [2.24, 2.45) is 9.50 Å². The Morgan fingerprint density at radius 3 is 2.53 bits per heavy atom. The van der Waals surface area contributed by atoms with Gasteiger partial charge in [0.05, 0.1) is 4.90 Å². The molecule has 158 valence electrons. The Labute approximate surface area is 176 Å². The number of carbonyl (C=O) groups is 1. The molecular formula is C22H25FN4O2S. The van der Waals surface area contributed by atoms with Crippen LogP contribution in [0.15, 0.2) is 33.5 Å². The number of hydrogen-bond acceptors (Lipinski definition) is 3. The number of fused-ring (bicyclic) bond motifs is 2. The van der Waals surface area contributed by atoms with Gasteiger partial charge < -0.3 is 5.32 Å². The van der Waals surface area contributed by atoms with E-state index in [1.807, 2.05) is 0 Å². The van der Waals surface area contributed by atoms with E-state index in [0.717, 1.165) is 74.0 Å². The molecule has 2 aromatic rings. The summed E-state index contributed by atoms with van der Waals surface area (Å²) in [6.45, 7) is 2.64. The van der Waals surface area contributed by atoms with E-state index in [1.54, 1.807) is 6.07 Å². The van der Waals surface area contributed by atoms with Crippen molar-refractivity contribution < 1.29 is 13.4 Å². The van der Waals surface area contributed by atoms with Crippen LogP contribution in [0.4, 0.5) is 14.9 Å². The SMILES string of the molecule is N[S@@](=O)(=NC(=O)Nc1c2c(cc3c1CC3)CCC2)c1ccc(CN2CCC2)cc1F. The predicted octanol–water partition coefficient (Wildman–Crippen LogP) is 3.55. The molecule has 0 saturated carbocycles. The maximum absolute atomic E-state index is 14.6. The summed E-state index contributed by atoms with van der Waals surface area (Å²) >= 11 is 0. The van der Waals surface area contributed by atoms with Crippen LogP contribution in [0.25, 0.3) is 0 Å². The highest BCUT2D eigenvalue weighted by Crippen LogP contribution is 2.39. The van der Waals surface area contributed by atoms with Gasteiger partial charge in [-0.3, -0.25) is 4.90 Å². The molecule has 0 spiro atoms. The molecule has 1 aliphatic heterocycles. The van der Waals surface area contributed by atoms with Crippen LogP contribution in [-0.4, -0.2) is 28.2 Å². The number of hydrogen-bond donors (Lipinski definition) is 2. The van der Waals surface area contributed by atoms with E-state index in [-0.39, 0.29) is 4.90 Å². The highest BCUT2D eigenvalue weighted by Gasteiger charge is 2.27. The smallest absolute Gasteiger partial charge is 0.305 e. The summed E-state index contributed by atoms with van der Waals surface area (Å²) in [7, 11) is -3.69. The van der Waals surface area contributed by atoms with Crippen molar-refractivity contribution in [2.75, 3.05) is 18.4 Å². The molecule has 2 aromatic carbocycles. The van der Waals surface area contributed by atoms with Crippen LogP contribution in [0, 0.1) is 5.82 Å². The first kappa shape index (κ1) is 19.7. The van der Waals surface area contributed by atoms with Crippen LogP contribution in [-0.2, 0) is 42.1 Å². The van der Waals surface area contributed by atoms with Gasteiger partial charge in [0.15, 0.2) is 0 Å². The monoisotopic (exact) mass is 428 g/mol. The van der Waals surface area contributed by atoms with E-state index in [2.05, 4.69) is 20.6 Å². The second kappa shape index (κ2) is 7.44. The van der Waals surface area contributed by atoms with Crippen molar-refractivity contribution in [3.05, 3.63) is 57.9 Å². The molecule has 3 N–H and O–H groups in total. The quantitative estimate of drug-likeness (QED) is 0.781. The third-order valence-electron chi connectivity index (χ3n) is 6.36. The summed E-state index contributed by atoms with van der Waals surface area (Å²) in [6, 6.07) is 5.86. The van der Waals surface area contributed by atoms with Crippen molar-refractivity contribution >= 4 is 21.6 Å². The van der Waals surface area contributed by atoms with E-state index in [1.165, 1.54) is 23.3 Å². The van der Waals surface area contributed by atoms with Crippen molar-refractivity contribution in [3.8, 4) is 0 Å². The molecule has 2 amide bonds. The number of rotatable bonds is 4. The first-order chi connectivity index (χ1) is 14.4. The molecule has 1 fully saturated rings. The average molecular weight is 429 g/mol. The van der Waals surface area contributed by atoms with E-state index in [0.29, 0.717) is 6.54 Å². The normalized spacial score (nSPS) is 19.1. The van der Waals surface area contributed by atoms with Crippen LogP contribution >= 0.6 is 0 Å². The van der Waals surface area contributed by atoms with Crippen LogP contribution in [0.1, 0.15) is 40.7 Å². The Hall–Kier alpha value is -2.29. The Morgan fingerprint density at radius 2 is 1.87 bits per heavy atom. The van der Waals surface area contributed by atoms with E-state index in [9.17, 15) is 13.4 Å². The fourth-order valence-electron chi connectivity index (χ4n) is 4.57. The van der Waals surface area contributed by atoms with Gasteiger partial charge in [-0.1, -0.05) is 12.1 Å². The molecule has 1 atom stereocenters. The molecule has 6 nitrogen and oxygen atoms in total.